The van der Waals surface area contributed by atoms with E-state index >= 15 is 0 Å². The van der Waals surface area contributed by atoms with E-state index in [4.69, 9.17) is 20.9 Å². The van der Waals surface area contributed by atoms with Crippen molar-refractivity contribution in [3.8, 4) is 11.5 Å². The summed E-state index contributed by atoms with van der Waals surface area (Å²) in [6.07, 6.45) is 3.30. The normalized spacial score (nSPS) is 9.12. The van der Waals surface area contributed by atoms with Crippen LogP contribution >= 0.6 is 0 Å². The lowest BCUT2D eigenvalue weighted by atomic mass is 10.3. The number of unbranched alkanes of at least 4 members (excludes halogenated alkanes) is 1. The Bertz CT molecular complexity index is 525. The Kier molecular flexibility index (Phi) is 13.8. The van der Waals surface area contributed by atoms with Crippen molar-refractivity contribution in [1.29, 1.82) is 0 Å². The van der Waals surface area contributed by atoms with Gasteiger partial charge < -0.3 is 20.9 Å². The predicted molar refractivity (Wildman–Crippen MR) is 109 cm³/mol. The zero-order chi connectivity index (χ0) is 18.9. The van der Waals surface area contributed by atoms with E-state index in [1.165, 1.54) is 0 Å². The van der Waals surface area contributed by atoms with E-state index in [1.807, 2.05) is 62.4 Å². The van der Waals surface area contributed by atoms with Gasteiger partial charge in [-0.25, -0.2) is 0 Å². The lowest BCUT2D eigenvalue weighted by molar-refractivity contribution is 0.309. The van der Waals surface area contributed by atoms with Crippen LogP contribution < -0.4 is 20.9 Å². The van der Waals surface area contributed by atoms with E-state index in [9.17, 15) is 0 Å². The summed E-state index contributed by atoms with van der Waals surface area (Å²) in [6.45, 7) is 9.79. The van der Waals surface area contributed by atoms with Crippen LogP contribution in [0.2, 0.25) is 0 Å². The van der Waals surface area contributed by atoms with E-state index in [0.717, 1.165) is 55.4 Å². The quantitative estimate of drug-likeness (QED) is 0.510. The number of rotatable bonds is 7. The molecule has 0 amide bonds. The SMILES string of the molecule is CC.CCCCOc1ccc(N)cc1.CCCOc1ccc(N)cc1. The van der Waals surface area contributed by atoms with Crippen molar-refractivity contribution in [2.45, 2.75) is 47.0 Å². The lowest BCUT2D eigenvalue weighted by Crippen LogP contribution is -1.96. The molecule has 0 bridgehead atoms. The van der Waals surface area contributed by atoms with Crippen molar-refractivity contribution in [2.75, 3.05) is 24.7 Å². The highest BCUT2D eigenvalue weighted by molar-refractivity contribution is 5.42. The molecule has 0 saturated heterocycles. The number of benzene rings is 2. The van der Waals surface area contributed by atoms with Gasteiger partial charge in [0.15, 0.2) is 0 Å². The molecule has 0 saturated carbocycles. The molecule has 0 radical (unpaired) electrons. The van der Waals surface area contributed by atoms with Crippen LogP contribution in [0.3, 0.4) is 0 Å². The molecule has 0 aromatic heterocycles. The van der Waals surface area contributed by atoms with Crippen LogP contribution in [-0.2, 0) is 0 Å². The molecule has 0 unspecified atom stereocenters. The first-order valence-corrected chi connectivity index (χ1v) is 9.12. The van der Waals surface area contributed by atoms with Crippen LogP contribution in [-0.4, -0.2) is 13.2 Å². The van der Waals surface area contributed by atoms with Crippen molar-refractivity contribution in [1.82, 2.24) is 0 Å². The number of ether oxygens (including phenoxy) is 2. The summed E-state index contributed by atoms with van der Waals surface area (Å²) in [4.78, 5) is 0. The molecular weight excluding hydrogens is 312 g/mol. The number of nitrogen functional groups attached to an aromatic ring is 2. The summed E-state index contributed by atoms with van der Waals surface area (Å²) in [7, 11) is 0. The summed E-state index contributed by atoms with van der Waals surface area (Å²) in [6, 6.07) is 14.9. The van der Waals surface area contributed by atoms with E-state index in [-0.39, 0.29) is 0 Å². The maximum Gasteiger partial charge on any atom is 0.119 e. The van der Waals surface area contributed by atoms with Gasteiger partial charge in [0.1, 0.15) is 11.5 Å². The molecule has 4 heteroatoms. The number of hydrogen-bond donors (Lipinski definition) is 2. The van der Waals surface area contributed by atoms with Crippen molar-refractivity contribution < 1.29 is 9.47 Å². The van der Waals surface area contributed by atoms with Crippen LogP contribution in [0.15, 0.2) is 48.5 Å². The summed E-state index contributed by atoms with van der Waals surface area (Å²) >= 11 is 0. The second kappa shape index (κ2) is 15.2. The highest BCUT2D eigenvalue weighted by Gasteiger charge is 1.91. The fourth-order valence-electron chi connectivity index (χ4n) is 1.68. The second-order valence-corrected chi connectivity index (χ2v) is 5.19. The van der Waals surface area contributed by atoms with Gasteiger partial charge >= 0.3 is 0 Å². The standard InChI is InChI=1S/C10H15NO.C9H13NO.C2H6/c1-2-3-8-12-10-6-4-9(11)5-7-10;1-2-7-11-9-5-3-8(10)4-6-9;1-2/h4-7H,2-3,8,11H2,1H3;3-6H,2,7,10H2,1H3;1-2H3. The molecule has 2 aromatic carbocycles. The summed E-state index contributed by atoms with van der Waals surface area (Å²) < 4.78 is 10.8. The third-order valence-corrected chi connectivity index (χ3v) is 3.00. The predicted octanol–water partition coefficient (Wildman–Crippen LogP) is 5.53. The molecule has 25 heavy (non-hydrogen) atoms. The third-order valence-electron chi connectivity index (χ3n) is 3.00. The topological polar surface area (TPSA) is 70.5 Å². The molecule has 2 rings (SSSR count). The zero-order valence-electron chi connectivity index (χ0n) is 16.1. The van der Waals surface area contributed by atoms with Gasteiger partial charge in [-0.1, -0.05) is 34.1 Å². The zero-order valence-corrected chi connectivity index (χ0v) is 16.1. The fourth-order valence-corrected chi connectivity index (χ4v) is 1.68. The summed E-state index contributed by atoms with van der Waals surface area (Å²) in [5.74, 6) is 1.79. The molecule has 2 aromatic rings. The molecule has 0 spiro atoms. The number of anilines is 2. The Morgan fingerprint density at radius 1 is 0.640 bits per heavy atom. The van der Waals surface area contributed by atoms with Crippen molar-refractivity contribution in [3.05, 3.63) is 48.5 Å². The highest BCUT2D eigenvalue weighted by Crippen LogP contribution is 2.13. The average Bonchev–Trinajstić information content (AvgIpc) is 2.65. The second-order valence-electron chi connectivity index (χ2n) is 5.19. The fraction of sp³-hybridized carbons (Fsp3) is 0.429. The van der Waals surface area contributed by atoms with E-state index in [1.54, 1.807) is 0 Å². The maximum atomic E-state index is 5.53. The van der Waals surface area contributed by atoms with Gasteiger partial charge in [-0.2, -0.15) is 0 Å². The minimum absolute atomic E-state index is 0.768. The Balaban J connectivity index is 0.000000421. The molecule has 0 heterocycles. The van der Waals surface area contributed by atoms with E-state index < -0.39 is 0 Å². The first-order chi connectivity index (χ1) is 12.2. The Morgan fingerprint density at radius 3 is 1.40 bits per heavy atom. The lowest BCUT2D eigenvalue weighted by Gasteiger charge is -2.04. The summed E-state index contributed by atoms with van der Waals surface area (Å²) in [5.41, 5.74) is 12.6. The minimum atomic E-state index is 0.768. The summed E-state index contributed by atoms with van der Waals surface area (Å²) in [5, 5.41) is 0. The van der Waals surface area contributed by atoms with Crippen LogP contribution in [0, 0.1) is 0 Å². The van der Waals surface area contributed by atoms with Gasteiger partial charge in [-0.15, -0.1) is 0 Å². The number of nitrogens with two attached hydrogens (primary N) is 2. The van der Waals surface area contributed by atoms with Gasteiger partial charge in [-0.3, -0.25) is 0 Å². The molecule has 4 nitrogen and oxygen atoms in total. The van der Waals surface area contributed by atoms with Gasteiger partial charge in [-0.05, 0) is 61.4 Å². The Labute approximate surface area is 153 Å². The molecular formula is C21H34N2O2. The number of hydrogen-bond acceptors (Lipinski definition) is 4. The van der Waals surface area contributed by atoms with E-state index in [2.05, 4.69) is 13.8 Å². The van der Waals surface area contributed by atoms with Gasteiger partial charge in [0, 0.05) is 11.4 Å². The van der Waals surface area contributed by atoms with Crippen LogP contribution in [0.1, 0.15) is 47.0 Å². The molecule has 140 valence electrons. The van der Waals surface area contributed by atoms with Crippen LogP contribution in [0.4, 0.5) is 11.4 Å². The third kappa shape index (κ3) is 11.8. The first-order valence-electron chi connectivity index (χ1n) is 9.12. The van der Waals surface area contributed by atoms with Crippen LogP contribution in [0.5, 0.6) is 11.5 Å². The molecule has 0 aliphatic heterocycles. The monoisotopic (exact) mass is 346 g/mol. The van der Waals surface area contributed by atoms with Gasteiger partial charge in [0.25, 0.3) is 0 Å². The molecule has 0 aliphatic rings. The Hall–Kier alpha value is -2.36. The highest BCUT2D eigenvalue weighted by atomic mass is 16.5. The molecule has 4 N–H and O–H groups in total. The van der Waals surface area contributed by atoms with Gasteiger partial charge in [0.05, 0.1) is 13.2 Å². The minimum Gasteiger partial charge on any atom is -0.494 e. The average molecular weight is 347 g/mol. The first kappa shape index (κ1) is 22.6. The van der Waals surface area contributed by atoms with Crippen molar-refractivity contribution >= 4 is 11.4 Å². The Morgan fingerprint density at radius 2 is 1.04 bits per heavy atom. The largest absolute Gasteiger partial charge is 0.494 e. The molecule has 0 aliphatic carbocycles. The van der Waals surface area contributed by atoms with Crippen LogP contribution in [0.25, 0.3) is 0 Å². The van der Waals surface area contributed by atoms with E-state index in [0.29, 0.717) is 0 Å². The smallest absolute Gasteiger partial charge is 0.119 e. The van der Waals surface area contributed by atoms with Crippen molar-refractivity contribution in [3.63, 3.8) is 0 Å². The molecule has 0 atom stereocenters. The van der Waals surface area contributed by atoms with Crippen molar-refractivity contribution in [2.24, 2.45) is 0 Å². The molecule has 0 fully saturated rings. The van der Waals surface area contributed by atoms with Gasteiger partial charge in [0.2, 0.25) is 0 Å². The maximum absolute atomic E-state index is 5.53.